The molecule has 29 heavy (non-hydrogen) atoms. The van der Waals surface area contributed by atoms with Gasteiger partial charge in [-0.3, -0.25) is 4.79 Å². The number of nitrogens with two attached hydrogens (primary N) is 1. The minimum Gasteiger partial charge on any atom is -0.496 e. The highest BCUT2D eigenvalue weighted by atomic mass is 16.5. The number of ether oxygens (including phenoxy) is 1. The number of rotatable bonds is 4. The van der Waals surface area contributed by atoms with Gasteiger partial charge in [-0.2, -0.15) is 0 Å². The van der Waals surface area contributed by atoms with Gasteiger partial charge in [0.25, 0.3) is 5.56 Å². The van der Waals surface area contributed by atoms with Crippen molar-refractivity contribution in [3.8, 4) is 16.9 Å². The van der Waals surface area contributed by atoms with Gasteiger partial charge in [0.05, 0.1) is 7.11 Å². The van der Waals surface area contributed by atoms with Crippen LogP contribution in [-0.2, 0) is 5.41 Å². The van der Waals surface area contributed by atoms with Crippen LogP contribution in [0.25, 0.3) is 23.3 Å². The zero-order valence-corrected chi connectivity index (χ0v) is 17.7. The van der Waals surface area contributed by atoms with Gasteiger partial charge in [-0.1, -0.05) is 45.1 Å². The molecule has 0 radical (unpaired) electrons. The van der Waals surface area contributed by atoms with Gasteiger partial charge in [0.1, 0.15) is 5.75 Å². The van der Waals surface area contributed by atoms with Crippen molar-refractivity contribution >= 4 is 17.8 Å². The summed E-state index contributed by atoms with van der Waals surface area (Å²) in [6.45, 7) is 8.30. The number of hydrogen-bond donors (Lipinski definition) is 2. The van der Waals surface area contributed by atoms with Crippen LogP contribution < -0.4 is 16.0 Å². The number of pyridine rings is 1. The Morgan fingerprint density at radius 3 is 2.28 bits per heavy atom. The fourth-order valence-electron chi connectivity index (χ4n) is 3.31. The molecule has 0 saturated carbocycles. The Labute approximate surface area is 172 Å². The molecule has 0 spiro atoms. The van der Waals surface area contributed by atoms with Crippen molar-refractivity contribution in [1.82, 2.24) is 4.98 Å². The first-order valence-corrected chi connectivity index (χ1v) is 9.65. The molecule has 0 aliphatic carbocycles. The van der Waals surface area contributed by atoms with Gasteiger partial charge >= 0.3 is 0 Å². The molecule has 0 fully saturated rings. The van der Waals surface area contributed by atoms with Crippen LogP contribution in [0.3, 0.4) is 0 Å². The lowest BCUT2D eigenvalue weighted by molar-refractivity contribution is 0.397. The van der Waals surface area contributed by atoms with E-state index in [1.807, 2.05) is 61.5 Å². The van der Waals surface area contributed by atoms with E-state index in [4.69, 9.17) is 10.5 Å². The zero-order valence-electron chi connectivity index (χ0n) is 17.7. The maximum atomic E-state index is 12.6. The Bertz CT molecular complexity index is 1100. The van der Waals surface area contributed by atoms with E-state index in [0.29, 0.717) is 5.56 Å². The van der Waals surface area contributed by atoms with Crippen LogP contribution in [0.4, 0.5) is 5.69 Å². The van der Waals surface area contributed by atoms with E-state index in [0.717, 1.165) is 39.4 Å². The van der Waals surface area contributed by atoms with E-state index in [2.05, 4.69) is 31.8 Å². The minimum absolute atomic E-state index is 0.0940. The first kappa shape index (κ1) is 20.5. The van der Waals surface area contributed by atoms with Crippen LogP contribution in [0.5, 0.6) is 5.75 Å². The molecule has 3 N–H and O–H groups in total. The van der Waals surface area contributed by atoms with Crippen LogP contribution in [0.1, 0.15) is 43.2 Å². The van der Waals surface area contributed by atoms with Crippen molar-refractivity contribution in [3.05, 3.63) is 81.3 Å². The van der Waals surface area contributed by atoms with Crippen molar-refractivity contribution < 1.29 is 4.74 Å². The van der Waals surface area contributed by atoms with Crippen LogP contribution in [0.15, 0.2) is 53.3 Å². The fraction of sp³-hybridized carbons (Fsp3) is 0.240. The van der Waals surface area contributed by atoms with Crippen LogP contribution in [0.2, 0.25) is 0 Å². The Morgan fingerprint density at radius 1 is 1.00 bits per heavy atom. The molecule has 3 rings (SSSR count). The molecule has 0 bridgehead atoms. The van der Waals surface area contributed by atoms with E-state index in [1.54, 1.807) is 7.11 Å². The highest BCUT2D eigenvalue weighted by Crippen LogP contribution is 2.38. The van der Waals surface area contributed by atoms with E-state index in [-0.39, 0.29) is 11.0 Å². The largest absolute Gasteiger partial charge is 0.496 e. The molecule has 150 valence electrons. The topological polar surface area (TPSA) is 68.1 Å². The Balaban J connectivity index is 2.20. The molecular formula is C25H28N2O2. The third-order valence-electron chi connectivity index (χ3n) is 4.89. The van der Waals surface area contributed by atoms with E-state index < -0.39 is 0 Å². The minimum atomic E-state index is -0.150. The third-order valence-corrected chi connectivity index (χ3v) is 4.89. The molecule has 2 aromatic carbocycles. The Kier molecular flexibility index (Phi) is 5.64. The second-order valence-corrected chi connectivity index (χ2v) is 8.28. The number of anilines is 1. The summed E-state index contributed by atoms with van der Waals surface area (Å²) in [6, 6.07) is 15.5. The summed E-state index contributed by atoms with van der Waals surface area (Å²) in [5.41, 5.74) is 11.6. The van der Waals surface area contributed by atoms with Gasteiger partial charge in [0, 0.05) is 28.1 Å². The number of H-pyrrole nitrogens is 1. The summed E-state index contributed by atoms with van der Waals surface area (Å²) in [7, 11) is 1.68. The van der Waals surface area contributed by atoms with Gasteiger partial charge in [-0.15, -0.1) is 0 Å². The first-order valence-electron chi connectivity index (χ1n) is 9.65. The number of hydrogen-bond acceptors (Lipinski definition) is 3. The van der Waals surface area contributed by atoms with E-state index in [9.17, 15) is 4.79 Å². The lowest BCUT2D eigenvalue weighted by Crippen LogP contribution is -2.15. The second kappa shape index (κ2) is 8.00. The van der Waals surface area contributed by atoms with Crippen molar-refractivity contribution in [1.29, 1.82) is 0 Å². The lowest BCUT2D eigenvalue weighted by Gasteiger charge is -2.24. The molecule has 0 aliphatic heterocycles. The number of aryl methyl sites for hydroxylation is 1. The summed E-state index contributed by atoms with van der Waals surface area (Å²) in [4.78, 5) is 15.5. The Morgan fingerprint density at radius 2 is 1.69 bits per heavy atom. The molecule has 0 saturated heterocycles. The number of methoxy groups -OCH3 is 1. The molecule has 4 heteroatoms. The smallest absolute Gasteiger partial charge is 0.256 e. The van der Waals surface area contributed by atoms with Gasteiger partial charge in [-0.05, 0) is 59.9 Å². The summed E-state index contributed by atoms with van der Waals surface area (Å²) >= 11 is 0. The predicted octanol–water partition coefficient (Wildman–Crippen LogP) is 5.41. The number of benzene rings is 2. The summed E-state index contributed by atoms with van der Waals surface area (Å²) in [5.74, 6) is 0.816. The SMILES string of the molecule is COc1c(C=Cc2ccc(N)cc2)cc(-c2ccc(C)[nH]c2=O)cc1C(C)(C)C. The molecule has 0 amide bonds. The quantitative estimate of drug-likeness (QED) is 0.464. The monoisotopic (exact) mass is 388 g/mol. The molecule has 0 unspecified atom stereocenters. The first-order chi connectivity index (χ1) is 13.7. The van der Waals surface area contributed by atoms with Gasteiger partial charge < -0.3 is 15.5 Å². The molecule has 3 aromatic rings. The molecule has 4 nitrogen and oxygen atoms in total. The molecular weight excluding hydrogens is 360 g/mol. The van der Waals surface area contributed by atoms with Crippen LogP contribution in [-0.4, -0.2) is 12.1 Å². The summed E-state index contributed by atoms with van der Waals surface area (Å²) in [6.07, 6.45) is 4.04. The number of nitrogen functional groups attached to an aromatic ring is 1. The molecule has 0 atom stereocenters. The van der Waals surface area contributed by atoms with Crippen molar-refractivity contribution in [2.24, 2.45) is 0 Å². The van der Waals surface area contributed by atoms with E-state index in [1.165, 1.54) is 0 Å². The maximum absolute atomic E-state index is 12.6. The van der Waals surface area contributed by atoms with Gasteiger partial charge in [0.2, 0.25) is 0 Å². The van der Waals surface area contributed by atoms with E-state index >= 15 is 0 Å². The third kappa shape index (κ3) is 4.60. The van der Waals surface area contributed by atoms with Crippen LogP contribution >= 0.6 is 0 Å². The average Bonchev–Trinajstić information content (AvgIpc) is 2.66. The van der Waals surface area contributed by atoms with Crippen LogP contribution in [0, 0.1) is 6.92 Å². The number of aromatic nitrogens is 1. The van der Waals surface area contributed by atoms with Crippen molar-refractivity contribution in [2.75, 3.05) is 12.8 Å². The second-order valence-electron chi connectivity index (χ2n) is 8.28. The average molecular weight is 389 g/mol. The molecule has 0 aliphatic rings. The van der Waals surface area contributed by atoms with Crippen molar-refractivity contribution in [2.45, 2.75) is 33.1 Å². The fourth-order valence-corrected chi connectivity index (χ4v) is 3.31. The predicted molar refractivity (Wildman–Crippen MR) is 122 cm³/mol. The normalized spacial score (nSPS) is 11.8. The molecule has 1 heterocycles. The zero-order chi connectivity index (χ0) is 21.2. The number of aromatic amines is 1. The molecule has 1 aromatic heterocycles. The lowest BCUT2D eigenvalue weighted by atomic mass is 9.83. The standard InChI is InChI=1S/C25H28N2O2/c1-16-6-13-21(24(28)27-16)19-14-18(10-7-17-8-11-20(26)12-9-17)23(29-5)22(15-19)25(2,3)4/h6-15H,26H2,1-5H3,(H,27,28). The Hall–Kier alpha value is -3.27. The van der Waals surface area contributed by atoms with Gasteiger partial charge in [-0.25, -0.2) is 0 Å². The summed E-state index contributed by atoms with van der Waals surface area (Å²) in [5, 5.41) is 0. The summed E-state index contributed by atoms with van der Waals surface area (Å²) < 4.78 is 5.79. The highest BCUT2D eigenvalue weighted by molar-refractivity contribution is 5.78. The van der Waals surface area contributed by atoms with Gasteiger partial charge in [0.15, 0.2) is 0 Å². The highest BCUT2D eigenvalue weighted by Gasteiger charge is 2.22. The van der Waals surface area contributed by atoms with Crippen molar-refractivity contribution in [3.63, 3.8) is 0 Å². The number of nitrogens with one attached hydrogen (secondary N) is 1. The maximum Gasteiger partial charge on any atom is 0.256 e.